The van der Waals surface area contributed by atoms with Gasteiger partial charge in [0.2, 0.25) is 0 Å². The van der Waals surface area contributed by atoms with Crippen LogP contribution in [0, 0.1) is 12.8 Å². The highest BCUT2D eigenvalue weighted by atomic mass is 16.5. The lowest BCUT2D eigenvalue weighted by Gasteiger charge is -2.41. The maximum absolute atomic E-state index is 13.4. The van der Waals surface area contributed by atoms with Crippen LogP contribution < -0.4 is 9.64 Å². The number of esters is 1. The highest BCUT2D eigenvalue weighted by molar-refractivity contribution is 6.07. The van der Waals surface area contributed by atoms with Gasteiger partial charge in [-0.05, 0) is 43.7 Å². The third-order valence-corrected chi connectivity index (χ3v) is 5.36. The molecule has 0 saturated carbocycles. The monoisotopic (exact) mass is 393 g/mol. The molecule has 5 heteroatoms. The Labute approximate surface area is 171 Å². The van der Waals surface area contributed by atoms with E-state index in [2.05, 4.69) is 0 Å². The van der Waals surface area contributed by atoms with Crippen LogP contribution in [0.15, 0.2) is 59.9 Å². The second-order valence-electron chi connectivity index (χ2n) is 7.33. The van der Waals surface area contributed by atoms with Crippen molar-refractivity contribution < 1.29 is 19.1 Å². The molecule has 3 rings (SSSR count). The first kappa shape index (κ1) is 20.6. The van der Waals surface area contributed by atoms with Crippen LogP contribution >= 0.6 is 0 Å². The van der Waals surface area contributed by atoms with Gasteiger partial charge in [0.25, 0.3) is 5.91 Å². The normalized spacial score (nSPS) is 19.3. The van der Waals surface area contributed by atoms with E-state index in [-0.39, 0.29) is 30.3 Å². The number of amides is 1. The van der Waals surface area contributed by atoms with E-state index in [0.717, 1.165) is 22.6 Å². The lowest BCUT2D eigenvalue weighted by Crippen LogP contribution is -2.44. The van der Waals surface area contributed by atoms with Crippen LogP contribution in [0.25, 0.3) is 0 Å². The summed E-state index contributed by atoms with van der Waals surface area (Å²) in [5.41, 5.74) is 3.36. The molecule has 1 heterocycles. The molecular formula is C24H27NO4. The van der Waals surface area contributed by atoms with Crippen molar-refractivity contribution in [3.63, 3.8) is 0 Å². The summed E-state index contributed by atoms with van der Waals surface area (Å²) in [7, 11) is 1.61. The van der Waals surface area contributed by atoms with Gasteiger partial charge in [0.05, 0.1) is 18.7 Å². The molecule has 1 amide bonds. The van der Waals surface area contributed by atoms with Crippen LogP contribution in [0.5, 0.6) is 5.75 Å². The van der Waals surface area contributed by atoms with Gasteiger partial charge >= 0.3 is 5.97 Å². The molecule has 152 valence electrons. The molecule has 0 bridgehead atoms. The molecule has 0 fully saturated rings. The summed E-state index contributed by atoms with van der Waals surface area (Å²) in [6.45, 7) is 7.49. The lowest BCUT2D eigenvalue weighted by atomic mass is 9.85. The van der Waals surface area contributed by atoms with E-state index in [4.69, 9.17) is 9.47 Å². The number of ether oxygens (including phenoxy) is 2. The molecule has 2 aromatic carbocycles. The van der Waals surface area contributed by atoms with Gasteiger partial charge in [-0.3, -0.25) is 9.59 Å². The first-order chi connectivity index (χ1) is 13.9. The Hall–Kier alpha value is -3.08. The van der Waals surface area contributed by atoms with E-state index in [0.29, 0.717) is 11.3 Å². The third-order valence-electron chi connectivity index (χ3n) is 5.36. The number of methoxy groups -OCH3 is 1. The Morgan fingerprint density at radius 3 is 2.21 bits per heavy atom. The maximum atomic E-state index is 13.4. The van der Waals surface area contributed by atoms with Gasteiger partial charge in [-0.15, -0.1) is 0 Å². The molecule has 0 spiro atoms. The predicted molar refractivity (Wildman–Crippen MR) is 113 cm³/mol. The zero-order valence-corrected chi connectivity index (χ0v) is 17.6. The average molecular weight is 393 g/mol. The molecular weight excluding hydrogens is 366 g/mol. The maximum Gasteiger partial charge on any atom is 0.310 e. The molecule has 5 nitrogen and oxygen atoms in total. The van der Waals surface area contributed by atoms with Gasteiger partial charge in [-0.2, -0.15) is 0 Å². The number of carbonyl (C=O) groups excluding carboxylic acids is 2. The fourth-order valence-electron chi connectivity index (χ4n) is 3.71. The number of hydrogen-bond donors (Lipinski definition) is 0. The molecule has 1 aliphatic rings. The van der Waals surface area contributed by atoms with Crippen molar-refractivity contribution in [3.8, 4) is 5.75 Å². The number of carbonyl (C=O) groups is 2. The van der Waals surface area contributed by atoms with Crippen LogP contribution in [0.2, 0.25) is 0 Å². The first-order valence-corrected chi connectivity index (χ1v) is 9.83. The van der Waals surface area contributed by atoms with Crippen molar-refractivity contribution >= 4 is 17.6 Å². The van der Waals surface area contributed by atoms with E-state index < -0.39 is 0 Å². The van der Waals surface area contributed by atoms with E-state index in [1.54, 1.807) is 25.9 Å². The standard InChI is InChI=1S/C24H27NO4/c1-6-21(26)29-23-16(3)22(18-9-7-15(2)8-10-18)25(24(27)17(23)4)19-11-13-20(28-5)14-12-19/h7-14,16,22H,6H2,1-5H3/t16-,22+/m1/s1. The number of benzene rings is 2. The first-order valence-electron chi connectivity index (χ1n) is 9.83. The van der Waals surface area contributed by atoms with Crippen molar-refractivity contribution in [1.29, 1.82) is 0 Å². The molecule has 2 aromatic rings. The molecule has 29 heavy (non-hydrogen) atoms. The van der Waals surface area contributed by atoms with E-state index in [1.165, 1.54) is 0 Å². The van der Waals surface area contributed by atoms with E-state index in [1.807, 2.05) is 62.4 Å². The van der Waals surface area contributed by atoms with Crippen LogP contribution in [0.1, 0.15) is 44.4 Å². The zero-order valence-electron chi connectivity index (χ0n) is 17.6. The van der Waals surface area contributed by atoms with Crippen molar-refractivity contribution in [3.05, 3.63) is 71.0 Å². The van der Waals surface area contributed by atoms with Crippen molar-refractivity contribution in [2.24, 2.45) is 5.92 Å². The Morgan fingerprint density at radius 2 is 1.66 bits per heavy atom. The number of nitrogens with zero attached hydrogens (tertiary/aromatic N) is 1. The molecule has 0 aromatic heterocycles. The van der Waals surface area contributed by atoms with Crippen LogP contribution in [0.3, 0.4) is 0 Å². The second kappa shape index (κ2) is 8.52. The molecule has 0 radical (unpaired) electrons. The summed E-state index contributed by atoms with van der Waals surface area (Å²) in [6.07, 6.45) is 0.259. The van der Waals surface area contributed by atoms with Gasteiger partial charge < -0.3 is 14.4 Å². The average Bonchev–Trinajstić information content (AvgIpc) is 2.74. The molecule has 1 aliphatic heterocycles. The van der Waals surface area contributed by atoms with Crippen LogP contribution in [-0.2, 0) is 14.3 Å². The number of rotatable bonds is 5. The lowest BCUT2D eigenvalue weighted by molar-refractivity contribution is -0.140. The van der Waals surface area contributed by atoms with Crippen LogP contribution in [-0.4, -0.2) is 19.0 Å². The van der Waals surface area contributed by atoms with Gasteiger partial charge in [0.1, 0.15) is 11.5 Å². The van der Waals surface area contributed by atoms with Crippen LogP contribution in [0.4, 0.5) is 5.69 Å². The minimum atomic E-state index is -0.334. The summed E-state index contributed by atoms with van der Waals surface area (Å²) in [4.78, 5) is 27.2. The van der Waals surface area contributed by atoms with Gasteiger partial charge in [-0.25, -0.2) is 0 Å². The third kappa shape index (κ3) is 4.04. The summed E-state index contributed by atoms with van der Waals surface area (Å²) in [5, 5.41) is 0. The highest BCUT2D eigenvalue weighted by Crippen LogP contribution is 2.43. The van der Waals surface area contributed by atoms with Crippen molar-refractivity contribution in [2.45, 2.75) is 40.2 Å². The van der Waals surface area contributed by atoms with Crippen molar-refractivity contribution in [1.82, 2.24) is 0 Å². The van der Waals surface area contributed by atoms with Gasteiger partial charge in [-0.1, -0.05) is 43.7 Å². The van der Waals surface area contributed by atoms with E-state index in [9.17, 15) is 9.59 Å². The molecule has 0 N–H and O–H groups in total. The quantitative estimate of drug-likeness (QED) is 0.674. The summed E-state index contributed by atoms with van der Waals surface area (Å²) in [6, 6.07) is 15.3. The summed E-state index contributed by atoms with van der Waals surface area (Å²) < 4.78 is 10.9. The minimum Gasteiger partial charge on any atom is -0.497 e. The Bertz CT molecular complexity index is 928. The smallest absolute Gasteiger partial charge is 0.310 e. The SMILES string of the molecule is CCC(=O)OC1=C(C)C(=O)N(c2ccc(OC)cc2)[C@H](c2ccc(C)cc2)[C@H]1C. The van der Waals surface area contributed by atoms with Gasteiger partial charge in [0.15, 0.2) is 0 Å². The molecule has 0 aliphatic carbocycles. The molecule has 0 unspecified atom stereocenters. The van der Waals surface area contributed by atoms with Gasteiger partial charge in [0, 0.05) is 18.0 Å². The fourth-order valence-corrected chi connectivity index (χ4v) is 3.71. The zero-order chi connectivity index (χ0) is 21.1. The second-order valence-corrected chi connectivity index (χ2v) is 7.33. The highest BCUT2D eigenvalue weighted by Gasteiger charge is 2.41. The number of aryl methyl sites for hydroxylation is 1. The van der Waals surface area contributed by atoms with E-state index >= 15 is 0 Å². The number of hydrogen-bond acceptors (Lipinski definition) is 4. The predicted octanol–water partition coefficient (Wildman–Crippen LogP) is 4.95. The largest absolute Gasteiger partial charge is 0.497 e. The Morgan fingerprint density at radius 1 is 1.03 bits per heavy atom. The fraction of sp³-hybridized carbons (Fsp3) is 0.333. The minimum absolute atomic E-state index is 0.169. The summed E-state index contributed by atoms with van der Waals surface area (Å²) in [5.74, 6) is 0.491. The molecule has 2 atom stereocenters. The summed E-state index contributed by atoms with van der Waals surface area (Å²) >= 11 is 0. The van der Waals surface area contributed by atoms with Crippen molar-refractivity contribution in [2.75, 3.05) is 12.0 Å². The number of anilines is 1. The topological polar surface area (TPSA) is 55.8 Å². The molecule has 0 saturated heterocycles. The Balaban J connectivity index is 2.13. The Kier molecular flexibility index (Phi) is 6.06.